The van der Waals surface area contributed by atoms with E-state index in [1.807, 2.05) is 11.8 Å². The zero-order chi connectivity index (χ0) is 15.9. The molecule has 1 heterocycles. The van der Waals surface area contributed by atoms with Gasteiger partial charge in [0.05, 0.1) is 6.04 Å². The van der Waals surface area contributed by atoms with Crippen molar-refractivity contribution in [3.05, 3.63) is 12.7 Å². The van der Waals surface area contributed by atoms with Gasteiger partial charge in [-0.05, 0) is 31.1 Å². The zero-order valence-corrected chi connectivity index (χ0v) is 12.7. The lowest BCUT2D eigenvalue weighted by Gasteiger charge is -2.31. The fourth-order valence-corrected chi connectivity index (χ4v) is 4.37. The van der Waals surface area contributed by atoms with Crippen LogP contribution in [0.2, 0.25) is 0 Å². The molecule has 5 atom stereocenters. The van der Waals surface area contributed by atoms with Crippen LogP contribution in [-0.2, 0) is 23.9 Å². The molecule has 22 heavy (non-hydrogen) atoms. The Labute approximate surface area is 129 Å². The average molecular weight is 307 g/mol. The van der Waals surface area contributed by atoms with Gasteiger partial charge in [0, 0.05) is 18.5 Å². The molecule has 2 bridgehead atoms. The largest absolute Gasteiger partial charge is 0.457 e. The van der Waals surface area contributed by atoms with E-state index in [-0.39, 0.29) is 29.9 Å². The molecule has 0 radical (unpaired) electrons. The van der Waals surface area contributed by atoms with E-state index >= 15 is 0 Å². The van der Waals surface area contributed by atoms with Gasteiger partial charge < -0.3 is 14.4 Å². The zero-order valence-electron chi connectivity index (χ0n) is 12.7. The highest BCUT2D eigenvalue weighted by Gasteiger charge is 2.64. The van der Waals surface area contributed by atoms with Gasteiger partial charge in [-0.25, -0.2) is 9.59 Å². The van der Waals surface area contributed by atoms with Crippen LogP contribution >= 0.6 is 0 Å². The molecular formula is C16H21NO5. The van der Waals surface area contributed by atoms with Crippen molar-refractivity contribution in [2.24, 2.45) is 17.8 Å². The van der Waals surface area contributed by atoms with E-state index in [0.29, 0.717) is 12.5 Å². The Morgan fingerprint density at radius 2 is 2.18 bits per heavy atom. The summed E-state index contributed by atoms with van der Waals surface area (Å²) in [6, 6.07) is 0.00950. The molecule has 0 aromatic carbocycles. The number of likely N-dealkylation sites (tertiary alicyclic amines) is 1. The third-order valence-corrected chi connectivity index (χ3v) is 5.08. The first-order valence-electron chi connectivity index (χ1n) is 7.86. The van der Waals surface area contributed by atoms with Gasteiger partial charge in [-0.1, -0.05) is 13.5 Å². The molecule has 1 aliphatic heterocycles. The van der Waals surface area contributed by atoms with Crippen molar-refractivity contribution in [2.75, 3.05) is 13.2 Å². The first-order chi connectivity index (χ1) is 10.6. The molecule has 2 saturated carbocycles. The number of hydrogen-bond donors (Lipinski definition) is 0. The second-order valence-electron chi connectivity index (χ2n) is 6.29. The molecule has 1 saturated heterocycles. The van der Waals surface area contributed by atoms with E-state index in [1.165, 1.54) is 0 Å². The van der Waals surface area contributed by atoms with E-state index in [0.717, 1.165) is 25.3 Å². The predicted molar refractivity (Wildman–Crippen MR) is 76.5 cm³/mol. The first kappa shape index (κ1) is 15.1. The topological polar surface area (TPSA) is 72.9 Å². The van der Waals surface area contributed by atoms with E-state index in [4.69, 9.17) is 9.47 Å². The normalized spacial score (nSPS) is 34.9. The fraction of sp³-hybridized carbons (Fsp3) is 0.688. The van der Waals surface area contributed by atoms with Gasteiger partial charge in [-0.2, -0.15) is 0 Å². The molecule has 0 aromatic rings. The molecule has 3 fully saturated rings. The number of rotatable bonds is 6. The summed E-state index contributed by atoms with van der Waals surface area (Å²) in [5, 5.41) is 0. The minimum absolute atomic E-state index is 0.00950. The molecule has 0 spiro atoms. The Bertz CT molecular complexity index is 517. The monoisotopic (exact) mass is 307 g/mol. The summed E-state index contributed by atoms with van der Waals surface area (Å²) < 4.78 is 10.3. The third-order valence-electron chi connectivity index (χ3n) is 5.08. The van der Waals surface area contributed by atoms with Crippen LogP contribution in [0.5, 0.6) is 0 Å². The molecule has 6 heteroatoms. The molecule has 2 aliphatic carbocycles. The molecule has 6 nitrogen and oxygen atoms in total. The summed E-state index contributed by atoms with van der Waals surface area (Å²) in [5.74, 6) is -0.290. The number of hydrogen-bond acceptors (Lipinski definition) is 5. The smallest absolute Gasteiger partial charge is 0.344 e. The van der Waals surface area contributed by atoms with Crippen molar-refractivity contribution in [3.63, 3.8) is 0 Å². The summed E-state index contributed by atoms with van der Waals surface area (Å²) in [6.07, 6.45) is 3.41. The van der Waals surface area contributed by atoms with Gasteiger partial charge in [0.2, 0.25) is 5.91 Å². The highest BCUT2D eigenvalue weighted by molar-refractivity contribution is 5.85. The molecular weight excluding hydrogens is 286 g/mol. The maximum absolute atomic E-state index is 12.4. The van der Waals surface area contributed by atoms with Gasteiger partial charge in [0.15, 0.2) is 6.61 Å². The van der Waals surface area contributed by atoms with Crippen LogP contribution in [0.4, 0.5) is 0 Å². The van der Waals surface area contributed by atoms with Crippen molar-refractivity contribution < 1.29 is 23.9 Å². The second-order valence-corrected chi connectivity index (χ2v) is 6.29. The lowest BCUT2D eigenvalue weighted by atomic mass is 9.87. The molecule has 3 rings (SSSR count). The lowest BCUT2D eigenvalue weighted by Crippen LogP contribution is -2.44. The molecule has 3 aliphatic rings. The molecule has 0 N–H and O–H groups in total. The van der Waals surface area contributed by atoms with E-state index in [2.05, 4.69) is 6.58 Å². The average Bonchev–Trinajstić information content (AvgIpc) is 3.12. The van der Waals surface area contributed by atoms with Crippen LogP contribution in [0, 0.1) is 17.8 Å². The maximum Gasteiger partial charge on any atom is 0.344 e. The van der Waals surface area contributed by atoms with Gasteiger partial charge in [0.25, 0.3) is 0 Å². The van der Waals surface area contributed by atoms with Crippen molar-refractivity contribution in [2.45, 2.75) is 38.3 Å². The van der Waals surface area contributed by atoms with Crippen LogP contribution in [-0.4, -0.2) is 48.0 Å². The quantitative estimate of drug-likeness (QED) is 0.538. The number of ether oxygens (including phenoxy) is 2. The van der Waals surface area contributed by atoms with Crippen LogP contribution < -0.4 is 0 Å². The summed E-state index contributed by atoms with van der Waals surface area (Å²) >= 11 is 0. The molecule has 0 aromatic heterocycles. The standard InChI is InChI=1S/C16H21NO5/c1-3-5-17-14-10-6-9(7-11(10)16(17)20)15(14)22-13(19)8-21-12(18)4-2/h4,9-11,14-15H,2-3,5-8H2,1H3. The SMILES string of the molecule is C=CC(=O)OCC(=O)OC1C2CC3C(=O)N(CCC)C1C3C2. The van der Waals surface area contributed by atoms with Gasteiger partial charge in [0.1, 0.15) is 6.10 Å². The number of carbonyl (C=O) groups is 3. The van der Waals surface area contributed by atoms with Crippen LogP contribution in [0.1, 0.15) is 26.2 Å². The third kappa shape index (κ3) is 2.30. The summed E-state index contributed by atoms with van der Waals surface area (Å²) in [4.78, 5) is 37.2. The first-order valence-corrected chi connectivity index (χ1v) is 7.86. The maximum atomic E-state index is 12.4. The Balaban J connectivity index is 1.65. The summed E-state index contributed by atoms with van der Waals surface area (Å²) in [7, 11) is 0. The highest BCUT2D eigenvalue weighted by atomic mass is 16.6. The van der Waals surface area contributed by atoms with Gasteiger partial charge in [-0.3, -0.25) is 4.79 Å². The van der Waals surface area contributed by atoms with Gasteiger partial charge in [-0.15, -0.1) is 0 Å². The van der Waals surface area contributed by atoms with Crippen molar-refractivity contribution in [3.8, 4) is 0 Å². The molecule has 1 amide bonds. The second kappa shape index (κ2) is 5.74. The Kier molecular flexibility index (Phi) is 3.93. The number of esters is 2. The number of carbonyl (C=O) groups excluding carboxylic acids is 3. The van der Waals surface area contributed by atoms with Crippen LogP contribution in [0.15, 0.2) is 12.7 Å². The van der Waals surface area contributed by atoms with E-state index in [9.17, 15) is 14.4 Å². The molecule has 5 unspecified atom stereocenters. The summed E-state index contributed by atoms with van der Waals surface area (Å²) in [6.45, 7) is 5.61. The van der Waals surface area contributed by atoms with Crippen molar-refractivity contribution >= 4 is 17.8 Å². The minimum Gasteiger partial charge on any atom is -0.457 e. The van der Waals surface area contributed by atoms with Crippen molar-refractivity contribution in [1.29, 1.82) is 0 Å². The molecule has 120 valence electrons. The number of fused-ring (bicyclic) bond motifs is 1. The Morgan fingerprint density at radius 3 is 2.86 bits per heavy atom. The van der Waals surface area contributed by atoms with Crippen molar-refractivity contribution in [1.82, 2.24) is 4.90 Å². The number of amides is 1. The number of nitrogens with zero attached hydrogens (tertiary/aromatic N) is 1. The minimum atomic E-state index is -0.645. The highest BCUT2D eigenvalue weighted by Crippen LogP contribution is 2.56. The Morgan fingerprint density at radius 1 is 1.41 bits per heavy atom. The van der Waals surface area contributed by atoms with Gasteiger partial charge >= 0.3 is 11.9 Å². The Hall–Kier alpha value is -1.85. The van der Waals surface area contributed by atoms with E-state index in [1.54, 1.807) is 0 Å². The van der Waals surface area contributed by atoms with Crippen LogP contribution in [0.25, 0.3) is 0 Å². The lowest BCUT2D eigenvalue weighted by molar-refractivity contribution is -0.164. The fourth-order valence-electron chi connectivity index (χ4n) is 4.37. The predicted octanol–water partition coefficient (Wildman–Crippen LogP) is 0.904. The van der Waals surface area contributed by atoms with E-state index < -0.39 is 18.5 Å². The summed E-state index contributed by atoms with van der Waals surface area (Å²) in [5.41, 5.74) is 0. The van der Waals surface area contributed by atoms with Crippen LogP contribution in [0.3, 0.4) is 0 Å².